The predicted molar refractivity (Wildman–Crippen MR) is 164 cm³/mol. The van der Waals surface area contributed by atoms with Crippen molar-refractivity contribution in [3.05, 3.63) is 156 Å². The van der Waals surface area contributed by atoms with Gasteiger partial charge in [-0.15, -0.1) is 0 Å². The third kappa shape index (κ3) is 5.40. The van der Waals surface area contributed by atoms with Crippen LogP contribution < -0.4 is 11.2 Å². The van der Waals surface area contributed by atoms with Gasteiger partial charge in [-0.1, -0.05) is 66.7 Å². The normalized spacial score (nSPS) is 12.3. The number of nitrogens with one attached hydrogen (secondary N) is 2. The summed E-state index contributed by atoms with van der Waals surface area (Å²) >= 11 is 0. The Balaban J connectivity index is 1.45. The fraction of sp³-hybridized carbons (Fsp3) is 0.147. The number of benzene rings is 3. The van der Waals surface area contributed by atoms with Gasteiger partial charge in [-0.2, -0.15) is 5.10 Å². The van der Waals surface area contributed by atoms with E-state index >= 15 is 0 Å². The molecule has 0 amide bonds. The van der Waals surface area contributed by atoms with E-state index < -0.39 is 29.1 Å². The van der Waals surface area contributed by atoms with Gasteiger partial charge in [-0.25, -0.2) is 14.4 Å². The molecule has 0 saturated heterocycles. The van der Waals surface area contributed by atoms with Gasteiger partial charge in [0.15, 0.2) is 0 Å². The molecule has 0 atom stereocenters. The van der Waals surface area contributed by atoms with Crippen LogP contribution in [0.3, 0.4) is 0 Å². The number of ether oxygens (including phenoxy) is 1. The second kappa shape index (κ2) is 11.8. The quantitative estimate of drug-likeness (QED) is 0.223. The van der Waals surface area contributed by atoms with Crippen LogP contribution in [0.4, 0.5) is 0 Å². The number of aromatic nitrogens is 4. The van der Waals surface area contributed by atoms with E-state index in [0.29, 0.717) is 16.7 Å². The molecule has 10 heteroatoms. The molecule has 0 aliphatic heterocycles. The first kappa shape index (κ1) is 28.4. The third-order valence-electron chi connectivity index (χ3n) is 7.68. The Labute approximate surface area is 251 Å². The third-order valence-corrected chi connectivity index (χ3v) is 7.68. The maximum Gasteiger partial charge on any atom is 0.339 e. The van der Waals surface area contributed by atoms with E-state index in [1.54, 1.807) is 25.1 Å². The molecule has 0 radical (unpaired) electrons. The number of aromatic amines is 2. The lowest BCUT2D eigenvalue weighted by Gasteiger charge is -2.21. The molecule has 0 fully saturated rings. The minimum Gasteiger partial charge on any atom is -0.478 e. The Morgan fingerprint density at radius 3 is 2.23 bits per heavy atom. The van der Waals surface area contributed by atoms with E-state index in [1.165, 1.54) is 12.4 Å². The summed E-state index contributed by atoms with van der Waals surface area (Å²) in [6.45, 7) is 1.71. The second-order valence-electron chi connectivity index (χ2n) is 10.5. The summed E-state index contributed by atoms with van der Waals surface area (Å²) in [6.07, 6.45) is 6.92. The lowest BCUT2D eigenvalue weighted by molar-refractivity contribution is 0.0525. The molecule has 2 aromatic heterocycles. The standard InChI is InChI=1S/C34H28N4O6/c1-2-44-33(42)24-14-20(16-29-27(32(40)41)18-36-37-29)13-21(15-24)19-38-31(39)28(17-35-34(38)43)30-25-9-5-3-7-22(25)11-12-23-8-4-6-10-26(23)30/h3-15,17-18,30H,2,16,19H2,1H3,(H,35,43)(H,36,37)(H,40,41). The molecule has 1 aliphatic rings. The predicted octanol–water partition coefficient (Wildman–Crippen LogP) is 4.44. The van der Waals surface area contributed by atoms with E-state index in [0.717, 1.165) is 26.8 Å². The molecule has 0 saturated carbocycles. The number of esters is 1. The number of carboxylic acid groups (broad SMARTS) is 1. The van der Waals surface area contributed by atoms with E-state index in [1.807, 2.05) is 60.7 Å². The van der Waals surface area contributed by atoms with Crippen molar-refractivity contribution in [1.82, 2.24) is 19.7 Å². The number of hydrogen-bond donors (Lipinski definition) is 3. The zero-order valence-corrected chi connectivity index (χ0v) is 23.7. The topological polar surface area (TPSA) is 147 Å². The number of H-pyrrole nitrogens is 2. The summed E-state index contributed by atoms with van der Waals surface area (Å²) in [4.78, 5) is 54.5. The molecule has 3 N–H and O–H groups in total. The lowest BCUT2D eigenvalue weighted by Crippen LogP contribution is -2.38. The van der Waals surface area contributed by atoms with E-state index in [2.05, 4.69) is 15.2 Å². The Kier molecular flexibility index (Phi) is 7.63. The Bertz CT molecular complexity index is 2000. The smallest absolute Gasteiger partial charge is 0.339 e. The average Bonchev–Trinajstić information content (AvgIpc) is 3.42. The molecular formula is C34H28N4O6. The number of carboxylic acids is 1. The molecule has 0 unspecified atom stereocenters. The summed E-state index contributed by atoms with van der Waals surface area (Å²) in [5, 5.41) is 16.1. The summed E-state index contributed by atoms with van der Waals surface area (Å²) in [5.74, 6) is -2.16. The van der Waals surface area contributed by atoms with Gasteiger partial charge in [-0.05, 0) is 52.4 Å². The lowest BCUT2D eigenvalue weighted by atomic mass is 9.83. The molecule has 6 rings (SSSR count). The van der Waals surface area contributed by atoms with E-state index in [9.17, 15) is 24.3 Å². The van der Waals surface area contributed by atoms with Crippen LogP contribution in [0.25, 0.3) is 12.2 Å². The first-order valence-corrected chi connectivity index (χ1v) is 14.1. The molecule has 44 heavy (non-hydrogen) atoms. The molecule has 5 aromatic rings. The van der Waals surface area contributed by atoms with Crippen LogP contribution in [0.1, 0.15) is 78.2 Å². The van der Waals surface area contributed by atoms with Crippen molar-refractivity contribution in [1.29, 1.82) is 0 Å². The summed E-state index contributed by atoms with van der Waals surface area (Å²) < 4.78 is 6.33. The van der Waals surface area contributed by atoms with Crippen LogP contribution in [-0.2, 0) is 17.7 Å². The van der Waals surface area contributed by atoms with Gasteiger partial charge < -0.3 is 14.8 Å². The van der Waals surface area contributed by atoms with Crippen LogP contribution >= 0.6 is 0 Å². The SMILES string of the molecule is CCOC(=O)c1cc(Cc2n[nH]cc2C(=O)O)cc(Cn2c(=O)[nH]cc(C3c4ccccc4C=Cc4ccccc43)c2=O)c1. The Hall–Kier alpha value is -5.77. The van der Waals surface area contributed by atoms with Crippen molar-refractivity contribution >= 4 is 24.1 Å². The van der Waals surface area contributed by atoms with Crippen LogP contribution in [0.5, 0.6) is 0 Å². The summed E-state index contributed by atoms with van der Waals surface area (Å²) in [6, 6.07) is 20.6. The fourth-order valence-corrected chi connectivity index (χ4v) is 5.71. The number of carbonyl (C=O) groups excluding carboxylic acids is 1. The van der Waals surface area contributed by atoms with Gasteiger partial charge in [0.05, 0.1) is 24.4 Å². The Morgan fingerprint density at radius 1 is 0.909 bits per heavy atom. The molecule has 0 spiro atoms. The van der Waals surface area contributed by atoms with Crippen molar-refractivity contribution < 1.29 is 19.4 Å². The fourth-order valence-electron chi connectivity index (χ4n) is 5.71. The van der Waals surface area contributed by atoms with Crippen molar-refractivity contribution in [2.45, 2.75) is 25.8 Å². The van der Waals surface area contributed by atoms with Gasteiger partial charge in [0, 0.05) is 30.3 Å². The zero-order valence-electron chi connectivity index (χ0n) is 23.7. The van der Waals surface area contributed by atoms with E-state index in [-0.39, 0.29) is 36.4 Å². The first-order valence-electron chi connectivity index (χ1n) is 14.1. The van der Waals surface area contributed by atoms with Gasteiger partial charge in [0.25, 0.3) is 5.56 Å². The van der Waals surface area contributed by atoms with Crippen LogP contribution in [0.2, 0.25) is 0 Å². The molecule has 2 heterocycles. The van der Waals surface area contributed by atoms with Crippen molar-refractivity contribution in [3.63, 3.8) is 0 Å². The molecule has 10 nitrogen and oxygen atoms in total. The average molecular weight is 589 g/mol. The van der Waals surface area contributed by atoms with Gasteiger partial charge >= 0.3 is 17.6 Å². The summed E-state index contributed by atoms with van der Waals surface area (Å²) in [7, 11) is 0. The first-order chi connectivity index (χ1) is 21.3. The highest BCUT2D eigenvalue weighted by Gasteiger charge is 2.27. The summed E-state index contributed by atoms with van der Waals surface area (Å²) in [5.41, 5.74) is 4.70. The minimum absolute atomic E-state index is 0.00639. The second-order valence-corrected chi connectivity index (χ2v) is 10.5. The van der Waals surface area contributed by atoms with Gasteiger partial charge in [0.1, 0.15) is 5.56 Å². The minimum atomic E-state index is -1.14. The monoisotopic (exact) mass is 588 g/mol. The van der Waals surface area contributed by atoms with Crippen LogP contribution in [0.15, 0.2) is 88.7 Å². The zero-order chi connectivity index (χ0) is 30.8. The number of hydrogen-bond acceptors (Lipinski definition) is 6. The van der Waals surface area contributed by atoms with E-state index in [4.69, 9.17) is 4.74 Å². The van der Waals surface area contributed by atoms with Gasteiger partial charge in [-0.3, -0.25) is 14.5 Å². The van der Waals surface area contributed by atoms with Crippen LogP contribution in [-0.4, -0.2) is 43.4 Å². The maximum atomic E-state index is 14.2. The maximum absolute atomic E-state index is 14.2. The number of carbonyl (C=O) groups is 2. The molecule has 3 aromatic carbocycles. The molecule has 220 valence electrons. The van der Waals surface area contributed by atoms with Crippen LogP contribution in [0, 0.1) is 0 Å². The van der Waals surface area contributed by atoms with Crippen molar-refractivity contribution in [2.75, 3.05) is 6.61 Å². The van der Waals surface area contributed by atoms with Crippen molar-refractivity contribution in [3.8, 4) is 0 Å². The molecule has 1 aliphatic carbocycles. The van der Waals surface area contributed by atoms with Crippen molar-refractivity contribution in [2.24, 2.45) is 0 Å². The Morgan fingerprint density at radius 2 is 1.57 bits per heavy atom. The number of rotatable bonds is 8. The molecular weight excluding hydrogens is 560 g/mol. The number of aromatic carboxylic acids is 1. The number of nitrogens with zero attached hydrogens (tertiary/aromatic N) is 2. The highest BCUT2D eigenvalue weighted by molar-refractivity contribution is 5.90. The highest BCUT2D eigenvalue weighted by atomic mass is 16.5. The largest absolute Gasteiger partial charge is 0.478 e. The van der Waals surface area contributed by atoms with Gasteiger partial charge in [0.2, 0.25) is 0 Å². The number of fused-ring (bicyclic) bond motifs is 2. The molecule has 0 bridgehead atoms. The highest BCUT2D eigenvalue weighted by Crippen LogP contribution is 2.37.